The van der Waals surface area contributed by atoms with Crippen molar-refractivity contribution in [3.63, 3.8) is 0 Å². The lowest BCUT2D eigenvalue weighted by molar-refractivity contribution is -0.384. The van der Waals surface area contributed by atoms with Gasteiger partial charge in [0.25, 0.3) is 17.5 Å². The molecule has 2 amide bonds. The van der Waals surface area contributed by atoms with Gasteiger partial charge in [0.1, 0.15) is 11.5 Å². The lowest BCUT2D eigenvalue weighted by atomic mass is 10.1. The van der Waals surface area contributed by atoms with Crippen LogP contribution in [-0.4, -0.2) is 29.8 Å². The SMILES string of the molecule is COC(=O)c1ccc(NC(=O)/C(=C/c2cccc([N+](=O)[O-])c2)NC(=O)c2ccc(F)cc2Cl)cc1. The highest BCUT2D eigenvalue weighted by atomic mass is 35.5. The second-order valence-corrected chi connectivity index (χ2v) is 7.42. The fraction of sp³-hybridized carbons (Fsp3) is 0.0417. The second kappa shape index (κ2) is 11.0. The molecule has 2 N–H and O–H groups in total. The van der Waals surface area contributed by atoms with Crippen molar-refractivity contribution in [2.75, 3.05) is 12.4 Å². The monoisotopic (exact) mass is 497 g/mol. The van der Waals surface area contributed by atoms with E-state index >= 15 is 0 Å². The van der Waals surface area contributed by atoms with Crippen molar-refractivity contribution in [1.82, 2.24) is 5.32 Å². The molecule has 0 unspecified atom stereocenters. The zero-order chi connectivity index (χ0) is 25.5. The Hall–Kier alpha value is -4.57. The third kappa shape index (κ3) is 6.49. The summed E-state index contributed by atoms with van der Waals surface area (Å²) in [5.41, 5.74) is 0.237. The molecule has 0 spiro atoms. The molecule has 178 valence electrons. The van der Waals surface area contributed by atoms with E-state index < -0.39 is 28.5 Å². The van der Waals surface area contributed by atoms with Gasteiger partial charge in [-0.15, -0.1) is 0 Å². The lowest BCUT2D eigenvalue weighted by Crippen LogP contribution is -2.31. The minimum atomic E-state index is -0.803. The summed E-state index contributed by atoms with van der Waals surface area (Å²) in [6, 6.07) is 14.3. The minimum absolute atomic E-state index is 0.0896. The molecule has 0 aliphatic carbocycles. The standard InChI is InChI=1S/C24H17ClFN3O6/c1-35-24(32)15-5-8-17(9-6-15)27-23(31)21(12-14-3-2-4-18(11-14)29(33)34)28-22(30)19-10-7-16(26)13-20(19)25/h2-13H,1H3,(H,27,31)(H,28,30)/b21-12-. The van der Waals surface area contributed by atoms with Gasteiger partial charge in [-0.25, -0.2) is 9.18 Å². The van der Waals surface area contributed by atoms with Crippen LogP contribution in [0.5, 0.6) is 0 Å². The molecule has 11 heteroatoms. The van der Waals surface area contributed by atoms with E-state index in [1.54, 1.807) is 0 Å². The first-order chi connectivity index (χ1) is 16.7. The average molecular weight is 498 g/mol. The summed E-state index contributed by atoms with van der Waals surface area (Å²) in [5.74, 6) is -2.78. The van der Waals surface area contributed by atoms with Crippen molar-refractivity contribution in [2.45, 2.75) is 0 Å². The van der Waals surface area contributed by atoms with Crippen LogP contribution in [-0.2, 0) is 9.53 Å². The van der Waals surface area contributed by atoms with E-state index in [4.69, 9.17) is 11.6 Å². The molecule has 3 rings (SSSR count). The quantitative estimate of drug-likeness (QED) is 0.213. The molecule has 9 nitrogen and oxygen atoms in total. The van der Waals surface area contributed by atoms with Gasteiger partial charge in [-0.1, -0.05) is 23.7 Å². The summed E-state index contributed by atoms with van der Waals surface area (Å²) in [6.45, 7) is 0. The Morgan fingerprint density at radius 3 is 2.40 bits per heavy atom. The highest BCUT2D eigenvalue weighted by molar-refractivity contribution is 6.34. The maximum absolute atomic E-state index is 13.4. The van der Waals surface area contributed by atoms with Gasteiger partial charge in [0.05, 0.1) is 28.2 Å². The maximum Gasteiger partial charge on any atom is 0.337 e. The van der Waals surface area contributed by atoms with E-state index in [2.05, 4.69) is 15.4 Å². The number of ether oxygens (including phenoxy) is 1. The topological polar surface area (TPSA) is 128 Å². The first-order valence-electron chi connectivity index (χ1n) is 9.90. The van der Waals surface area contributed by atoms with E-state index in [9.17, 15) is 28.9 Å². The minimum Gasteiger partial charge on any atom is -0.465 e. The molecule has 0 radical (unpaired) electrons. The highest BCUT2D eigenvalue weighted by Gasteiger charge is 2.18. The van der Waals surface area contributed by atoms with Crippen LogP contribution in [0.1, 0.15) is 26.3 Å². The van der Waals surface area contributed by atoms with Gasteiger partial charge in [0.2, 0.25) is 0 Å². The molecule has 3 aromatic rings. The van der Waals surface area contributed by atoms with Crippen molar-refractivity contribution >= 4 is 46.8 Å². The number of nitro groups is 1. The molecular formula is C24H17ClFN3O6. The summed E-state index contributed by atoms with van der Waals surface area (Å²) in [4.78, 5) is 47.9. The summed E-state index contributed by atoms with van der Waals surface area (Å²) in [7, 11) is 1.24. The van der Waals surface area contributed by atoms with E-state index in [1.165, 1.54) is 61.7 Å². The van der Waals surface area contributed by atoms with E-state index in [1.807, 2.05) is 0 Å². The molecule has 35 heavy (non-hydrogen) atoms. The number of rotatable bonds is 7. The molecule has 3 aromatic carbocycles. The molecule has 0 aliphatic heterocycles. The van der Waals surface area contributed by atoms with E-state index in [0.717, 1.165) is 18.2 Å². The molecule has 0 fully saturated rings. The van der Waals surface area contributed by atoms with Crippen molar-refractivity contribution in [2.24, 2.45) is 0 Å². The number of hydrogen-bond acceptors (Lipinski definition) is 6. The summed E-state index contributed by atoms with van der Waals surface area (Å²) >= 11 is 5.95. The Bertz CT molecular complexity index is 1340. The largest absolute Gasteiger partial charge is 0.465 e. The number of amides is 2. The number of nitrogens with zero attached hydrogens (tertiary/aromatic N) is 1. The van der Waals surface area contributed by atoms with Crippen LogP contribution in [0.15, 0.2) is 72.4 Å². The highest BCUT2D eigenvalue weighted by Crippen LogP contribution is 2.20. The Balaban J connectivity index is 1.93. The molecule has 0 atom stereocenters. The number of carbonyl (C=O) groups excluding carboxylic acids is 3. The van der Waals surface area contributed by atoms with Gasteiger partial charge in [0, 0.05) is 17.8 Å². The third-order valence-corrected chi connectivity index (χ3v) is 4.94. The van der Waals surface area contributed by atoms with Crippen LogP contribution in [0.4, 0.5) is 15.8 Å². The predicted molar refractivity (Wildman–Crippen MR) is 126 cm³/mol. The van der Waals surface area contributed by atoms with Gasteiger partial charge in [-0.05, 0) is 54.1 Å². The molecule has 0 saturated carbocycles. The number of hydrogen-bond donors (Lipinski definition) is 2. The van der Waals surface area contributed by atoms with Gasteiger partial charge >= 0.3 is 5.97 Å². The van der Waals surface area contributed by atoms with E-state index in [-0.39, 0.29) is 33.1 Å². The Kier molecular flexibility index (Phi) is 7.90. The fourth-order valence-corrected chi connectivity index (χ4v) is 3.18. The fourth-order valence-electron chi connectivity index (χ4n) is 2.92. The van der Waals surface area contributed by atoms with Gasteiger partial charge in [0.15, 0.2) is 0 Å². The van der Waals surface area contributed by atoms with Crippen LogP contribution >= 0.6 is 11.6 Å². The number of benzene rings is 3. The van der Waals surface area contributed by atoms with E-state index in [0.29, 0.717) is 5.69 Å². The first-order valence-corrected chi connectivity index (χ1v) is 10.3. The summed E-state index contributed by atoms with van der Waals surface area (Å²) < 4.78 is 18.0. The average Bonchev–Trinajstić information content (AvgIpc) is 2.83. The first kappa shape index (κ1) is 25.1. The zero-order valence-corrected chi connectivity index (χ0v) is 18.8. The number of nitro benzene ring substituents is 1. The van der Waals surface area contributed by atoms with Gasteiger partial charge < -0.3 is 15.4 Å². The number of anilines is 1. The van der Waals surface area contributed by atoms with Crippen LogP contribution < -0.4 is 10.6 Å². The molecule has 0 heterocycles. The summed E-state index contributed by atoms with van der Waals surface area (Å²) in [6.07, 6.45) is 1.24. The molecule has 0 bridgehead atoms. The number of methoxy groups -OCH3 is 1. The van der Waals surface area contributed by atoms with Crippen molar-refractivity contribution in [1.29, 1.82) is 0 Å². The Morgan fingerprint density at radius 2 is 1.77 bits per heavy atom. The molecular weight excluding hydrogens is 481 g/mol. The second-order valence-electron chi connectivity index (χ2n) is 7.01. The summed E-state index contributed by atoms with van der Waals surface area (Å²) in [5, 5.41) is 15.9. The number of halogens is 2. The Labute approximate surface area is 203 Å². The number of esters is 1. The van der Waals surface area contributed by atoms with Crippen molar-refractivity contribution in [3.8, 4) is 0 Å². The molecule has 0 saturated heterocycles. The third-order valence-electron chi connectivity index (χ3n) is 4.62. The van der Waals surface area contributed by atoms with Crippen LogP contribution in [0.2, 0.25) is 5.02 Å². The smallest absolute Gasteiger partial charge is 0.337 e. The molecule has 0 aliphatic rings. The number of non-ortho nitro benzene ring substituents is 1. The van der Waals surface area contributed by atoms with Crippen LogP contribution in [0, 0.1) is 15.9 Å². The van der Waals surface area contributed by atoms with Gasteiger partial charge in [-0.2, -0.15) is 0 Å². The number of nitrogens with one attached hydrogen (secondary N) is 2. The predicted octanol–water partition coefficient (Wildman–Crippen LogP) is 4.58. The zero-order valence-electron chi connectivity index (χ0n) is 18.1. The Morgan fingerprint density at radius 1 is 1.06 bits per heavy atom. The normalized spacial score (nSPS) is 10.9. The molecule has 0 aromatic heterocycles. The van der Waals surface area contributed by atoms with Gasteiger partial charge in [-0.3, -0.25) is 19.7 Å². The van der Waals surface area contributed by atoms with Crippen LogP contribution in [0.3, 0.4) is 0 Å². The maximum atomic E-state index is 13.4. The lowest BCUT2D eigenvalue weighted by Gasteiger charge is -2.12. The van der Waals surface area contributed by atoms with Crippen molar-refractivity contribution in [3.05, 3.63) is 110 Å². The van der Waals surface area contributed by atoms with Crippen LogP contribution in [0.25, 0.3) is 6.08 Å². The van der Waals surface area contributed by atoms with Crippen molar-refractivity contribution < 1.29 is 28.4 Å². The number of carbonyl (C=O) groups is 3.